The molecule has 0 aliphatic heterocycles. The van der Waals surface area contributed by atoms with Crippen LogP contribution in [0.1, 0.15) is 118 Å². The van der Waals surface area contributed by atoms with Crippen LogP contribution in [0.2, 0.25) is 0 Å². The van der Waals surface area contributed by atoms with Gasteiger partial charge in [-0.25, -0.2) is 0 Å². The van der Waals surface area contributed by atoms with Crippen molar-refractivity contribution in [3.05, 3.63) is 0 Å². The van der Waals surface area contributed by atoms with Crippen molar-refractivity contribution in [1.82, 2.24) is 0 Å². The standard InChI is InChI=1S/C19H40O2.C3H8O2/c1-4-5-6-7-8-9-10-11-12-13-14-15-16-17-19(20)21-18(2)3;1-3(5)2-4/h18-20H,4-17H2,1-3H3;3-5H,2H2,1H3. The minimum absolute atomic E-state index is 0.127. The summed E-state index contributed by atoms with van der Waals surface area (Å²) in [5, 5.41) is 25.6. The topological polar surface area (TPSA) is 69.9 Å². The smallest absolute Gasteiger partial charge is 0.154 e. The second-order valence-corrected chi connectivity index (χ2v) is 7.70. The summed E-state index contributed by atoms with van der Waals surface area (Å²) in [5.41, 5.74) is 0. The Kier molecular flexibility index (Phi) is 24.7. The van der Waals surface area contributed by atoms with Gasteiger partial charge in [0.25, 0.3) is 0 Å². The highest BCUT2D eigenvalue weighted by molar-refractivity contribution is 4.51. The van der Waals surface area contributed by atoms with Crippen LogP contribution < -0.4 is 0 Å². The molecule has 4 heteroatoms. The molecule has 0 rings (SSSR count). The molecule has 4 nitrogen and oxygen atoms in total. The number of rotatable bonds is 17. The molecule has 0 saturated heterocycles. The summed E-state index contributed by atoms with van der Waals surface area (Å²) < 4.78 is 5.31. The third kappa shape index (κ3) is 28.6. The van der Waals surface area contributed by atoms with Crippen LogP contribution >= 0.6 is 0 Å². The molecule has 2 atom stereocenters. The van der Waals surface area contributed by atoms with E-state index in [1.54, 1.807) is 0 Å². The van der Waals surface area contributed by atoms with Crippen LogP contribution in [0.3, 0.4) is 0 Å². The Morgan fingerprint density at radius 3 is 1.31 bits per heavy atom. The van der Waals surface area contributed by atoms with Crippen LogP contribution in [0.15, 0.2) is 0 Å². The maximum Gasteiger partial charge on any atom is 0.154 e. The van der Waals surface area contributed by atoms with Crippen LogP contribution in [0.4, 0.5) is 0 Å². The molecule has 0 aromatic carbocycles. The van der Waals surface area contributed by atoms with E-state index in [0.717, 1.165) is 12.8 Å². The summed E-state index contributed by atoms with van der Waals surface area (Å²) in [5.74, 6) is 0. The van der Waals surface area contributed by atoms with Gasteiger partial charge in [0.1, 0.15) is 0 Å². The van der Waals surface area contributed by atoms with Crippen LogP contribution in [0.25, 0.3) is 0 Å². The van der Waals surface area contributed by atoms with Gasteiger partial charge in [0.15, 0.2) is 6.29 Å². The third-order valence-electron chi connectivity index (χ3n) is 4.25. The molecule has 0 aromatic heterocycles. The highest BCUT2D eigenvalue weighted by Crippen LogP contribution is 2.13. The van der Waals surface area contributed by atoms with Gasteiger partial charge in [-0.2, -0.15) is 0 Å². The lowest BCUT2D eigenvalue weighted by Crippen LogP contribution is -2.16. The Hall–Kier alpha value is -0.160. The van der Waals surface area contributed by atoms with Crippen LogP contribution in [0, 0.1) is 0 Å². The molecule has 0 bridgehead atoms. The number of ether oxygens (including phenoxy) is 1. The lowest BCUT2D eigenvalue weighted by Gasteiger charge is -2.14. The van der Waals surface area contributed by atoms with Gasteiger partial charge in [0.2, 0.25) is 0 Å². The maximum atomic E-state index is 9.57. The van der Waals surface area contributed by atoms with Crippen molar-refractivity contribution in [3.63, 3.8) is 0 Å². The van der Waals surface area contributed by atoms with Gasteiger partial charge >= 0.3 is 0 Å². The van der Waals surface area contributed by atoms with Crippen molar-refractivity contribution in [3.8, 4) is 0 Å². The third-order valence-corrected chi connectivity index (χ3v) is 4.25. The zero-order valence-electron chi connectivity index (χ0n) is 18.1. The van der Waals surface area contributed by atoms with Gasteiger partial charge in [-0.05, 0) is 33.6 Å². The van der Waals surface area contributed by atoms with Crippen molar-refractivity contribution in [2.75, 3.05) is 6.61 Å². The van der Waals surface area contributed by atoms with E-state index in [-0.39, 0.29) is 12.7 Å². The van der Waals surface area contributed by atoms with E-state index in [1.165, 1.54) is 84.0 Å². The zero-order valence-corrected chi connectivity index (χ0v) is 18.1. The average molecular weight is 377 g/mol. The Morgan fingerprint density at radius 2 is 1.00 bits per heavy atom. The van der Waals surface area contributed by atoms with E-state index >= 15 is 0 Å². The lowest BCUT2D eigenvalue weighted by molar-refractivity contribution is -0.129. The van der Waals surface area contributed by atoms with Crippen LogP contribution in [0.5, 0.6) is 0 Å². The number of hydrogen-bond donors (Lipinski definition) is 3. The van der Waals surface area contributed by atoms with Crippen molar-refractivity contribution in [1.29, 1.82) is 0 Å². The van der Waals surface area contributed by atoms with E-state index in [4.69, 9.17) is 14.9 Å². The van der Waals surface area contributed by atoms with Gasteiger partial charge in [-0.15, -0.1) is 0 Å². The highest BCUT2D eigenvalue weighted by atomic mass is 16.6. The molecular weight excluding hydrogens is 328 g/mol. The predicted molar refractivity (Wildman–Crippen MR) is 111 cm³/mol. The fourth-order valence-corrected chi connectivity index (χ4v) is 2.72. The summed E-state index contributed by atoms with van der Waals surface area (Å²) in [7, 11) is 0. The molecule has 26 heavy (non-hydrogen) atoms. The molecule has 0 aliphatic carbocycles. The van der Waals surface area contributed by atoms with Crippen LogP contribution in [-0.4, -0.2) is 40.4 Å². The second kappa shape index (κ2) is 22.9. The second-order valence-electron chi connectivity index (χ2n) is 7.70. The normalized spacial score (nSPS) is 13.4. The SMILES string of the molecule is CC(O)CO.CCCCCCCCCCCCCCCC(O)OC(C)C. The molecule has 3 N–H and O–H groups in total. The fraction of sp³-hybridized carbons (Fsp3) is 1.00. The first-order chi connectivity index (χ1) is 12.4. The van der Waals surface area contributed by atoms with E-state index in [2.05, 4.69) is 6.92 Å². The number of aliphatic hydroxyl groups is 3. The summed E-state index contributed by atoms with van der Waals surface area (Å²) in [6.45, 7) is 7.60. The number of hydrogen-bond acceptors (Lipinski definition) is 4. The molecular formula is C22H48O4. The lowest BCUT2D eigenvalue weighted by atomic mass is 10.0. The molecule has 0 aliphatic rings. The van der Waals surface area contributed by atoms with Crippen molar-refractivity contribution >= 4 is 0 Å². The van der Waals surface area contributed by atoms with Crippen molar-refractivity contribution in [2.45, 2.75) is 136 Å². The van der Waals surface area contributed by atoms with Crippen molar-refractivity contribution < 1.29 is 20.1 Å². The van der Waals surface area contributed by atoms with Crippen molar-refractivity contribution in [2.24, 2.45) is 0 Å². The molecule has 2 unspecified atom stereocenters. The minimum Gasteiger partial charge on any atom is -0.394 e. The first-order valence-corrected chi connectivity index (χ1v) is 11.1. The van der Waals surface area contributed by atoms with Crippen LogP contribution in [-0.2, 0) is 4.74 Å². The summed E-state index contributed by atoms with van der Waals surface area (Å²) >= 11 is 0. The fourth-order valence-electron chi connectivity index (χ4n) is 2.72. The first-order valence-electron chi connectivity index (χ1n) is 11.1. The molecule has 0 fully saturated rings. The summed E-state index contributed by atoms with van der Waals surface area (Å²) in [6, 6.07) is 0. The van der Waals surface area contributed by atoms with E-state index in [0.29, 0.717) is 0 Å². The first kappa shape index (κ1) is 28.1. The van der Waals surface area contributed by atoms with Gasteiger partial charge in [0, 0.05) is 0 Å². The Labute approximate surface area is 163 Å². The quantitative estimate of drug-likeness (QED) is 0.229. The largest absolute Gasteiger partial charge is 0.394 e. The Balaban J connectivity index is 0. The molecule has 0 radical (unpaired) electrons. The van der Waals surface area contributed by atoms with E-state index in [9.17, 15) is 5.11 Å². The predicted octanol–water partition coefficient (Wildman–Crippen LogP) is 5.57. The van der Waals surface area contributed by atoms with Gasteiger partial charge in [-0.1, -0.05) is 84.0 Å². The summed E-state index contributed by atoms with van der Waals surface area (Å²) in [6.07, 6.45) is 17.5. The minimum atomic E-state index is -0.560. The van der Waals surface area contributed by atoms with E-state index < -0.39 is 12.4 Å². The zero-order chi connectivity index (χ0) is 20.0. The molecule has 0 spiro atoms. The van der Waals surface area contributed by atoms with Gasteiger partial charge in [-0.3, -0.25) is 0 Å². The molecule has 0 heterocycles. The Bertz CT molecular complexity index is 244. The molecule has 0 amide bonds. The molecule has 160 valence electrons. The molecule has 0 saturated carbocycles. The van der Waals surface area contributed by atoms with Gasteiger partial charge < -0.3 is 20.1 Å². The highest BCUT2D eigenvalue weighted by Gasteiger charge is 2.05. The van der Waals surface area contributed by atoms with Gasteiger partial charge in [0.05, 0.1) is 18.8 Å². The number of aliphatic hydroxyl groups excluding tert-OH is 3. The molecule has 0 aromatic rings. The monoisotopic (exact) mass is 376 g/mol. The summed E-state index contributed by atoms with van der Waals surface area (Å²) in [4.78, 5) is 0. The Morgan fingerprint density at radius 1 is 0.654 bits per heavy atom. The number of unbranched alkanes of at least 4 members (excludes halogenated alkanes) is 12. The average Bonchev–Trinajstić information content (AvgIpc) is 2.58. The maximum absolute atomic E-state index is 9.57. The van der Waals surface area contributed by atoms with E-state index in [1.807, 2.05) is 13.8 Å².